The van der Waals surface area contributed by atoms with Gasteiger partial charge in [0, 0.05) is 5.69 Å². The van der Waals surface area contributed by atoms with Crippen LogP contribution in [0.25, 0.3) is 0 Å². The van der Waals surface area contributed by atoms with E-state index < -0.39 is 41.6 Å². The van der Waals surface area contributed by atoms with Crippen LogP contribution in [0.15, 0.2) is 24.3 Å². The van der Waals surface area contributed by atoms with E-state index in [1.54, 1.807) is 0 Å². The molecule has 0 unspecified atom stereocenters. The Kier molecular flexibility index (Phi) is 4.11. The van der Waals surface area contributed by atoms with E-state index in [9.17, 15) is 18.8 Å². The molecule has 0 aliphatic rings. The summed E-state index contributed by atoms with van der Waals surface area (Å²) < 4.78 is 13.4. The maximum atomic E-state index is 12.7. The Morgan fingerprint density at radius 2 is 1.77 bits per heavy atom. The number of hydrogen-bond donors (Lipinski definition) is 3. The minimum absolute atomic E-state index is 0.293. The van der Waals surface area contributed by atoms with Crippen molar-refractivity contribution in [1.29, 1.82) is 0 Å². The van der Waals surface area contributed by atoms with Crippen molar-refractivity contribution in [3.8, 4) is 0 Å². The minimum Gasteiger partial charge on any atom is -0.476 e. The predicted molar refractivity (Wildman–Crippen MR) is 69.0 cm³/mol. The number of aromatic carboxylic acids is 2. The van der Waals surface area contributed by atoms with Crippen LogP contribution in [0.1, 0.15) is 21.0 Å². The first kappa shape index (κ1) is 15.1. The molecule has 1 aromatic carbocycles. The molecular formula is C12H9FN4O5. The molecule has 2 aromatic rings. The summed E-state index contributed by atoms with van der Waals surface area (Å²) in [7, 11) is 0. The zero-order valence-electron chi connectivity index (χ0n) is 10.9. The van der Waals surface area contributed by atoms with Gasteiger partial charge < -0.3 is 15.5 Å². The second-order valence-electron chi connectivity index (χ2n) is 4.11. The number of carboxylic acid groups (broad SMARTS) is 2. The molecule has 1 aromatic heterocycles. The number of hydrogen-bond acceptors (Lipinski definition) is 5. The van der Waals surface area contributed by atoms with Gasteiger partial charge in [0.25, 0.3) is 0 Å². The van der Waals surface area contributed by atoms with Crippen LogP contribution in [0.4, 0.5) is 10.1 Å². The Hall–Kier alpha value is -3.30. The number of amides is 1. The number of rotatable bonds is 5. The molecule has 22 heavy (non-hydrogen) atoms. The summed E-state index contributed by atoms with van der Waals surface area (Å²) in [5.74, 6) is -4.29. The molecule has 0 saturated heterocycles. The standard InChI is InChI=1S/C12H9FN4O5/c13-6-1-3-7(4-2-6)14-8(18)5-17-10(12(21)22)9(11(19)20)15-16-17/h1-4H,5H2,(H,14,18)(H,19,20)(H,21,22). The highest BCUT2D eigenvalue weighted by atomic mass is 19.1. The first-order valence-electron chi connectivity index (χ1n) is 5.84. The summed E-state index contributed by atoms with van der Waals surface area (Å²) in [5.41, 5.74) is -1.18. The fraction of sp³-hybridized carbons (Fsp3) is 0.0833. The van der Waals surface area contributed by atoms with E-state index in [2.05, 4.69) is 15.6 Å². The highest BCUT2D eigenvalue weighted by molar-refractivity contribution is 5.99. The van der Waals surface area contributed by atoms with Crippen molar-refractivity contribution in [2.45, 2.75) is 6.54 Å². The van der Waals surface area contributed by atoms with Crippen LogP contribution in [0.5, 0.6) is 0 Å². The van der Waals surface area contributed by atoms with E-state index in [4.69, 9.17) is 10.2 Å². The van der Waals surface area contributed by atoms with Gasteiger partial charge in [-0.15, -0.1) is 5.10 Å². The minimum atomic E-state index is -1.57. The lowest BCUT2D eigenvalue weighted by Gasteiger charge is -2.06. The molecule has 114 valence electrons. The Balaban J connectivity index is 2.16. The normalized spacial score (nSPS) is 10.2. The molecule has 0 fully saturated rings. The van der Waals surface area contributed by atoms with Crippen LogP contribution in [-0.2, 0) is 11.3 Å². The molecule has 0 aliphatic heterocycles. The van der Waals surface area contributed by atoms with Gasteiger partial charge in [0.1, 0.15) is 12.4 Å². The zero-order chi connectivity index (χ0) is 16.3. The number of carbonyl (C=O) groups is 3. The van der Waals surface area contributed by atoms with E-state index in [0.29, 0.717) is 10.4 Å². The molecule has 0 atom stereocenters. The Morgan fingerprint density at radius 1 is 1.14 bits per heavy atom. The summed E-state index contributed by atoms with van der Waals surface area (Å²) >= 11 is 0. The SMILES string of the molecule is O=C(Cn1nnc(C(=O)O)c1C(=O)O)Nc1ccc(F)cc1. The van der Waals surface area contributed by atoms with Gasteiger partial charge in [0.2, 0.25) is 11.6 Å². The summed E-state index contributed by atoms with van der Waals surface area (Å²) in [6.07, 6.45) is 0. The molecule has 1 heterocycles. The first-order valence-corrected chi connectivity index (χ1v) is 5.84. The third kappa shape index (κ3) is 3.23. The van der Waals surface area contributed by atoms with Gasteiger partial charge >= 0.3 is 11.9 Å². The van der Waals surface area contributed by atoms with Crippen molar-refractivity contribution in [1.82, 2.24) is 15.0 Å². The van der Waals surface area contributed by atoms with Gasteiger partial charge in [0.15, 0.2) is 5.69 Å². The van der Waals surface area contributed by atoms with E-state index in [-0.39, 0.29) is 0 Å². The molecule has 0 radical (unpaired) electrons. The lowest BCUT2D eigenvalue weighted by Crippen LogP contribution is -2.23. The lowest BCUT2D eigenvalue weighted by molar-refractivity contribution is -0.116. The quantitative estimate of drug-likeness (QED) is 0.730. The number of anilines is 1. The molecule has 0 bridgehead atoms. The number of aromatic nitrogens is 3. The molecule has 0 spiro atoms. The summed E-state index contributed by atoms with van der Waals surface area (Å²) in [5, 5.41) is 26.7. The number of benzene rings is 1. The van der Waals surface area contributed by atoms with Gasteiger partial charge in [-0.2, -0.15) is 0 Å². The molecular weight excluding hydrogens is 299 g/mol. The van der Waals surface area contributed by atoms with Crippen molar-refractivity contribution in [2.24, 2.45) is 0 Å². The second-order valence-corrected chi connectivity index (χ2v) is 4.11. The van der Waals surface area contributed by atoms with Gasteiger partial charge in [0.05, 0.1) is 0 Å². The van der Waals surface area contributed by atoms with Crippen LogP contribution < -0.4 is 5.32 Å². The van der Waals surface area contributed by atoms with Crippen molar-refractivity contribution < 1.29 is 29.0 Å². The fourth-order valence-corrected chi connectivity index (χ4v) is 1.65. The molecule has 9 nitrogen and oxygen atoms in total. The van der Waals surface area contributed by atoms with Gasteiger partial charge in [-0.3, -0.25) is 4.79 Å². The number of nitrogens with one attached hydrogen (secondary N) is 1. The molecule has 2 rings (SSSR count). The number of carboxylic acids is 2. The van der Waals surface area contributed by atoms with Gasteiger partial charge in [-0.1, -0.05) is 5.21 Å². The predicted octanol–water partition coefficient (Wildman–Crippen LogP) is 0.452. The Labute approximate surface area is 122 Å². The summed E-state index contributed by atoms with van der Waals surface area (Å²) in [4.78, 5) is 33.7. The van der Waals surface area contributed by atoms with Crippen LogP contribution in [-0.4, -0.2) is 43.1 Å². The number of nitrogens with zero attached hydrogens (tertiary/aromatic N) is 3. The van der Waals surface area contributed by atoms with Crippen LogP contribution >= 0.6 is 0 Å². The first-order chi connectivity index (χ1) is 10.4. The topological polar surface area (TPSA) is 134 Å². The second kappa shape index (κ2) is 5.99. The largest absolute Gasteiger partial charge is 0.476 e. The van der Waals surface area contributed by atoms with E-state index in [1.165, 1.54) is 12.1 Å². The molecule has 10 heteroatoms. The van der Waals surface area contributed by atoms with Crippen LogP contribution in [0, 0.1) is 5.82 Å². The van der Waals surface area contributed by atoms with E-state index in [0.717, 1.165) is 12.1 Å². The third-order valence-corrected chi connectivity index (χ3v) is 2.56. The van der Waals surface area contributed by atoms with Crippen LogP contribution in [0.3, 0.4) is 0 Å². The monoisotopic (exact) mass is 308 g/mol. The summed E-state index contributed by atoms with van der Waals surface area (Å²) in [6, 6.07) is 4.90. The lowest BCUT2D eigenvalue weighted by atomic mass is 10.3. The summed E-state index contributed by atoms with van der Waals surface area (Å²) in [6.45, 7) is -0.556. The number of carbonyl (C=O) groups excluding carboxylic acids is 1. The van der Waals surface area contributed by atoms with E-state index in [1.807, 2.05) is 0 Å². The van der Waals surface area contributed by atoms with Crippen molar-refractivity contribution in [2.75, 3.05) is 5.32 Å². The fourth-order valence-electron chi connectivity index (χ4n) is 1.65. The average molecular weight is 308 g/mol. The maximum absolute atomic E-state index is 12.7. The molecule has 0 aliphatic carbocycles. The molecule has 3 N–H and O–H groups in total. The Morgan fingerprint density at radius 3 is 2.32 bits per heavy atom. The maximum Gasteiger partial charge on any atom is 0.359 e. The van der Waals surface area contributed by atoms with Crippen LogP contribution in [0.2, 0.25) is 0 Å². The number of halogens is 1. The highest BCUT2D eigenvalue weighted by Gasteiger charge is 2.25. The smallest absolute Gasteiger partial charge is 0.359 e. The van der Waals surface area contributed by atoms with Gasteiger partial charge in [-0.05, 0) is 24.3 Å². The van der Waals surface area contributed by atoms with Crippen molar-refractivity contribution >= 4 is 23.5 Å². The third-order valence-electron chi connectivity index (χ3n) is 2.56. The van der Waals surface area contributed by atoms with Gasteiger partial charge in [-0.25, -0.2) is 18.7 Å². The van der Waals surface area contributed by atoms with E-state index >= 15 is 0 Å². The Bertz CT molecular complexity index is 740. The van der Waals surface area contributed by atoms with Crippen molar-refractivity contribution in [3.05, 3.63) is 41.5 Å². The highest BCUT2D eigenvalue weighted by Crippen LogP contribution is 2.09. The molecule has 1 amide bonds. The van der Waals surface area contributed by atoms with Crippen molar-refractivity contribution in [3.63, 3.8) is 0 Å². The molecule has 0 saturated carbocycles. The average Bonchev–Trinajstić information content (AvgIpc) is 2.85. The zero-order valence-corrected chi connectivity index (χ0v) is 10.9.